The molecule has 0 aliphatic carbocycles. The number of hydrogen-bond donors (Lipinski definition) is 2. The molecule has 108 valence electrons. The van der Waals surface area contributed by atoms with Crippen molar-refractivity contribution in [2.75, 3.05) is 7.05 Å². The predicted molar refractivity (Wildman–Crippen MR) is 82.6 cm³/mol. The minimum Gasteiger partial charge on any atom is -0.358 e. The van der Waals surface area contributed by atoms with Gasteiger partial charge in [0, 0.05) is 30.8 Å². The third-order valence-electron chi connectivity index (χ3n) is 3.25. The van der Waals surface area contributed by atoms with Crippen LogP contribution >= 0.6 is 0 Å². The molecule has 2 rings (SSSR count). The standard InChI is InChI=1S/C16H23N3O/c1-16(2,3)18-10-12-5-6-13-7-8-19(14(13)9-12)11-15(20)17-4/h5-9,18H,10-11H2,1-4H3,(H,17,20). The zero-order chi connectivity index (χ0) is 14.8. The van der Waals surface area contributed by atoms with E-state index in [0.717, 1.165) is 17.4 Å². The maximum absolute atomic E-state index is 11.5. The van der Waals surface area contributed by atoms with Gasteiger partial charge in [0.25, 0.3) is 0 Å². The molecule has 2 N–H and O–H groups in total. The van der Waals surface area contributed by atoms with E-state index < -0.39 is 0 Å². The lowest BCUT2D eigenvalue weighted by Gasteiger charge is -2.20. The van der Waals surface area contributed by atoms with Crippen LogP contribution in [0.2, 0.25) is 0 Å². The van der Waals surface area contributed by atoms with Gasteiger partial charge in [-0.15, -0.1) is 0 Å². The van der Waals surface area contributed by atoms with Crippen molar-refractivity contribution in [2.24, 2.45) is 0 Å². The lowest BCUT2D eigenvalue weighted by Crippen LogP contribution is -2.35. The second kappa shape index (κ2) is 5.67. The first-order valence-corrected chi connectivity index (χ1v) is 6.92. The number of hydrogen-bond acceptors (Lipinski definition) is 2. The first-order valence-electron chi connectivity index (χ1n) is 6.92. The minimum atomic E-state index is 0.0146. The molecule has 0 saturated carbocycles. The van der Waals surface area contributed by atoms with Crippen LogP contribution in [0.15, 0.2) is 30.5 Å². The van der Waals surface area contributed by atoms with E-state index in [1.165, 1.54) is 5.56 Å². The van der Waals surface area contributed by atoms with Crippen LogP contribution in [0.1, 0.15) is 26.3 Å². The van der Waals surface area contributed by atoms with Crippen molar-refractivity contribution >= 4 is 16.8 Å². The fourth-order valence-corrected chi connectivity index (χ4v) is 2.08. The molecule has 20 heavy (non-hydrogen) atoms. The molecule has 0 atom stereocenters. The number of rotatable bonds is 4. The summed E-state index contributed by atoms with van der Waals surface area (Å²) in [5, 5.41) is 7.29. The lowest BCUT2D eigenvalue weighted by atomic mass is 10.1. The Morgan fingerprint density at radius 3 is 2.65 bits per heavy atom. The van der Waals surface area contributed by atoms with Crippen molar-refractivity contribution in [3.63, 3.8) is 0 Å². The lowest BCUT2D eigenvalue weighted by molar-refractivity contribution is -0.121. The Hall–Kier alpha value is -1.81. The Balaban J connectivity index is 2.23. The van der Waals surface area contributed by atoms with Crippen LogP contribution in [-0.2, 0) is 17.9 Å². The number of nitrogens with zero attached hydrogens (tertiary/aromatic N) is 1. The monoisotopic (exact) mass is 273 g/mol. The van der Waals surface area contributed by atoms with Crippen LogP contribution in [0.25, 0.3) is 10.9 Å². The molecule has 2 aromatic rings. The van der Waals surface area contributed by atoms with Crippen LogP contribution in [-0.4, -0.2) is 23.1 Å². The number of likely N-dealkylation sites (N-methyl/N-ethyl adjacent to an activating group) is 1. The number of amides is 1. The first kappa shape index (κ1) is 14.6. The fraction of sp³-hybridized carbons (Fsp3) is 0.438. The largest absolute Gasteiger partial charge is 0.358 e. The second-order valence-corrected chi connectivity index (χ2v) is 6.11. The Morgan fingerprint density at radius 2 is 2.00 bits per heavy atom. The van der Waals surface area contributed by atoms with Gasteiger partial charge in [0.15, 0.2) is 0 Å². The highest BCUT2D eigenvalue weighted by molar-refractivity contribution is 5.83. The number of aromatic nitrogens is 1. The van der Waals surface area contributed by atoms with Gasteiger partial charge in [-0.3, -0.25) is 4.79 Å². The van der Waals surface area contributed by atoms with E-state index in [-0.39, 0.29) is 11.4 Å². The summed E-state index contributed by atoms with van der Waals surface area (Å²) in [5.41, 5.74) is 2.42. The molecule has 0 unspecified atom stereocenters. The van der Waals surface area contributed by atoms with Gasteiger partial charge < -0.3 is 15.2 Å². The van der Waals surface area contributed by atoms with Gasteiger partial charge in [-0.25, -0.2) is 0 Å². The third-order valence-corrected chi connectivity index (χ3v) is 3.25. The molecular formula is C16H23N3O. The number of benzene rings is 1. The molecule has 0 aliphatic heterocycles. The molecule has 0 aliphatic rings. The molecule has 0 bridgehead atoms. The Morgan fingerprint density at radius 1 is 1.25 bits per heavy atom. The summed E-state index contributed by atoms with van der Waals surface area (Å²) in [6, 6.07) is 8.43. The van der Waals surface area contributed by atoms with Crippen LogP contribution < -0.4 is 10.6 Å². The van der Waals surface area contributed by atoms with Gasteiger partial charge in [-0.2, -0.15) is 0 Å². The van der Waals surface area contributed by atoms with Crippen molar-refractivity contribution < 1.29 is 4.79 Å². The maximum Gasteiger partial charge on any atom is 0.239 e. The van der Waals surface area contributed by atoms with Gasteiger partial charge in [-0.1, -0.05) is 12.1 Å². The normalized spacial score (nSPS) is 11.8. The van der Waals surface area contributed by atoms with E-state index in [1.54, 1.807) is 7.05 Å². The summed E-state index contributed by atoms with van der Waals surface area (Å²) in [6.07, 6.45) is 1.96. The highest BCUT2D eigenvalue weighted by atomic mass is 16.1. The van der Waals surface area contributed by atoms with Crippen LogP contribution in [0.4, 0.5) is 0 Å². The quantitative estimate of drug-likeness (QED) is 0.897. The first-order chi connectivity index (χ1) is 9.39. The molecule has 1 aromatic heterocycles. The smallest absolute Gasteiger partial charge is 0.239 e. The second-order valence-electron chi connectivity index (χ2n) is 6.11. The molecule has 1 aromatic carbocycles. The number of nitrogens with one attached hydrogen (secondary N) is 2. The van der Waals surface area contributed by atoms with Gasteiger partial charge in [-0.05, 0) is 43.9 Å². The molecule has 4 nitrogen and oxygen atoms in total. The fourth-order valence-electron chi connectivity index (χ4n) is 2.08. The van der Waals surface area contributed by atoms with Crippen molar-refractivity contribution in [2.45, 2.75) is 39.4 Å². The SMILES string of the molecule is CNC(=O)Cn1ccc2ccc(CNC(C)(C)C)cc21. The van der Waals surface area contributed by atoms with E-state index in [0.29, 0.717) is 6.54 Å². The summed E-state index contributed by atoms with van der Waals surface area (Å²) >= 11 is 0. The molecule has 0 radical (unpaired) electrons. The summed E-state index contributed by atoms with van der Waals surface area (Å²) in [5.74, 6) is 0.0146. The summed E-state index contributed by atoms with van der Waals surface area (Å²) in [4.78, 5) is 11.5. The number of fused-ring (bicyclic) bond motifs is 1. The summed E-state index contributed by atoms with van der Waals surface area (Å²) in [7, 11) is 1.66. The zero-order valence-electron chi connectivity index (χ0n) is 12.7. The predicted octanol–water partition coefficient (Wildman–Crippen LogP) is 2.28. The Labute approximate surface area is 120 Å². The highest BCUT2D eigenvalue weighted by Crippen LogP contribution is 2.18. The Kier molecular flexibility index (Phi) is 4.14. The Bertz CT molecular complexity index is 608. The molecule has 1 amide bonds. The average molecular weight is 273 g/mol. The number of carbonyl (C=O) groups excluding carboxylic acids is 1. The third kappa shape index (κ3) is 3.61. The molecule has 4 heteroatoms. The molecule has 0 fully saturated rings. The highest BCUT2D eigenvalue weighted by Gasteiger charge is 2.10. The van der Waals surface area contributed by atoms with Crippen LogP contribution in [0.5, 0.6) is 0 Å². The van der Waals surface area contributed by atoms with E-state index in [1.807, 2.05) is 16.8 Å². The maximum atomic E-state index is 11.5. The topological polar surface area (TPSA) is 46.1 Å². The number of carbonyl (C=O) groups is 1. The van der Waals surface area contributed by atoms with Crippen molar-refractivity contribution in [1.82, 2.24) is 15.2 Å². The van der Waals surface area contributed by atoms with Crippen molar-refractivity contribution in [3.05, 3.63) is 36.0 Å². The van der Waals surface area contributed by atoms with Crippen LogP contribution in [0, 0.1) is 0 Å². The van der Waals surface area contributed by atoms with Crippen LogP contribution in [0.3, 0.4) is 0 Å². The van der Waals surface area contributed by atoms with E-state index >= 15 is 0 Å². The van der Waals surface area contributed by atoms with Gasteiger partial charge in [0.05, 0.1) is 0 Å². The van der Waals surface area contributed by atoms with Crippen molar-refractivity contribution in [1.29, 1.82) is 0 Å². The molecular weight excluding hydrogens is 250 g/mol. The minimum absolute atomic E-state index is 0.0146. The molecule has 0 saturated heterocycles. The van der Waals surface area contributed by atoms with Gasteiger partial charge in [0.1, 0.15) is 6.54 Å². The van der Waals surface area contributed by atoms with Gasteiger partial charge in [0.2, 0.25) is 5.91 Å². The van der Waals surface area contributed by atoms with Gasteiger partial charge >= 0.3 is 0 Å². The summed E-state index contributed by atoms with van der Waals surface area (Å²) in [6.45, 7) is 7.64. The van der Waals surface area contributed by atoms with Crippen molar-refractivity contribution in [3.8, 4) is 0 Å². The zero-order valence-corrected chi connectivity index (χ0v) is 12.7. The van der Waals surface area contributed by atoms with E-state index in [2.05, 4.69) is 49.6 Å². The average Bonchev–Trinajstić information content (AvgIpc) is 2.78. The van der Waals surface area contributed by atoms with E-state index in [4.69, 9.17) is 0 Å². The summed E-state index contributed by atoms with van der Waals surface area (Å²) < 4.78 is 1.98. The van der Waals surface area contributed by atoms with E-state index in [9.17, 15) is 4.79 Å². The molecule has 0 spiro atoms. The molecule has 1 heterocycles.